The molecule has 4 rings (SSSR count). The molecule has 2 aliphatic heterocycles. The number of ether oxygens (including phenoxy) is 3. The van der Waals surface area contributed by atoms with Crippen LogP contribution in [0.25, 0.3) is 0 Å². The summed E-state index contributed by atoms with van der Waals surface area (Å²) < 4.78 is 16.2. The number of carbonyl (C=O) groups excluding carboxylic acids is 2. The SMILES string of the molecule is C=C1C(=O)O[C@@H]2/C=C(/C)[C@H]3C[C@H]3C(=C)C[C@@H](OC(=O)C3=C[C@H](O)OC3)[C@@H]12. The quantitative estimate of drug-likeness (QED) is 0.461. The van der Waals surface area contributed by atoms with Gasteiger partial charge in [0.1, 0.15) is 12.2 Å². The van der Waals surface area contributed by atoms with E-state index in [9.17, 15) is 14.7 Å². The van der Waals surface area contributed by atoms with Crippen molar-refractivity contribution < 1.29 is 28.9 Å². The summed E-state index contributed by atoms with van der Waals surface area (Å²) in [6.45, 7) is 10.1. The molecule has 26 heavy (non-hydrogen) atoms. The van der Waals surface area contributed by atoms with Gasteiger partial charge in [-0.15, -0.1) is 0 Å². The van der Waals surface area contributed by atoms with Crippen molar-refractivity contribution in [2.75, 3.05) is 6.61 Å². The summed E-state index contributed by atoms with van der Waals surface area (Å²) in [5, 5.41) is 9.41. The van der Waals surface area contributed by atoms with E-state index in [0.29, 0.717) is 23.8 Å². The molecule has 0 aromatic carbocycles. The summed E-state index contributed by atoms with van der Waals surface area (Å²) in [6.07, 6.45) is 2.61. The summed E-state index contributed by atoms with van der Waals surface area (Å²) in [4.78, 5) is 24.6. The van der Waals surface area contributed by atoms with Crippen LogP contribution >= 0.6 is 0 Å². The van der Waals surface area contributed by atoms with Crippen molar-refractivity contribution in [1.82, 2.24) is 0 Å². The molecule has 0 aromatic rings. The number of rotatable bonds is 2. The Bertz CT molecular complexity index is 760. The lowest BCUT2D eigenvalue weighted by atomic mass is 9.87. The molecule has 6 heteroatoms. The van der Waals surface area contributed by atoms with E-state index in [-0.39, 0.29) is 12.2 Å². The highest BCUT2D eigenvalue weighted by molar-refractivity contribution is 5.92. The number of aliphatic hydroxyl groups is 1. The van der Waals surface area contributed by atoms with Gasteiger partial charge >= 0.3 is 11.9 Å². The smallest absolute Gasteiger partial charge is 0.336 e. The van der Waals surface area contributed by atoms with Gasteiger partial charge in [-0.05, 0) is 37.3 Å². The Morgan fingerprint density at radius 2 is 2.08 bits per heavy atom. The van der Waals surface area contributed by atoms with Crippen molar-refractivity contribution in [3.8, 4) is 0 Å². The molecule has 2 aliphatic carbocycles. The molecular formula is C20H22O6. The van der Waals surface area contributed by atoms with Crippen LogP contribution in [0.3, 0.4) is 0 Å². The Balaban J connectivity index is 1.63. The minimum absolute atomic E-state index is 0.00183. The third-order valence-corrected chi connectivity index (χ3v) is 5.73. The van der Waals surface area contributed by atoms with Crippen LogP contribution in [0.4, 0.5) is 0 Å². The molecule has 138 valence electrons. The Labute approximate surface area is 151 Å². The Kier molecular flexibility index (Phi) is 4.12. The normalized spacial score (nSPS) is 40.9. The lowest BCUT2D eigenvalue weighted by Crippen LogP contribution is -2.33. The number of esters is 2. The molecule has 0 spiro atoms. The summed E-state index contributed by atoms with van der Waals surface area (Å²) >= 11 is 0. The van der Waals surface area contributed by atoms with Crippen LogP contribution in [0.2, 0.25) is 0 Å². The molecule has 0 bridgehead atoms. The van der Waals surface area contributed by atoms with Gasteiger partial charge in [-0.2, -0.15) is 0 Å². The summed E-state index contributed by atoms with van der Waals surface area (Å²) in [7, 11) is 0. The lowest BCUT2D eigenvalue weighted by Gasteiger charge is -2.26. The molecule has 0 radical (unpaired) electrons. The van der Waals surface area contributed by atoms with Crippen LogP contribution in [0, 0.1) is 17.8 Å². The molecule has 6 atom stereocenters. The van der Waals surface area contributed by atoms with E-state index in [4.69, 9.17) is 14.2 Å². The molecule has 2 fully saturated rings. The topological polar surface area (TPSA) is 82.1 Å². The summed E-state index contributed by atoms with van der Waals surface area (Å²) in [6, 6.07) is 0. The summed E-state index contributed by atoms with van der Waals surface area (Å²) in [5.41, 5.74) is 2.78. The second kappa shape index (κ2) is 6.21. The Morgan fingerprint density at radius 3 is 2.77 bits per heavy atom. The van der Waals surface area contributed by atoms with Gasteiger partial charge < -0.3 is 19.3 Å². The first-order valence-electron chi connectivity index (χ1n) is 8.82. The van der Waals surface area contributed by atoms with Gasteiger partial charge in [0.2, 0.25) is 0 Å². The highest BCUT2D eigenvalue weighted by Gasteiger charge is 2.49. The van der Waals surface area contributed by atoms with Crippen molar-refractivity contribution in [2.24, 2.45) is 17.8 Å². The number of aliphatic hydroxyl groups excluding tert-OH is 1. The maximum Gasteiger partial charge on any atom is 0.336 e. The zero-order chi connectivity index (χ0) is 18.6. The minimum atomic E-state index is -1.09. The maximum absolute atomic E-state index is 12.5. The minimum Gasteiger partial charge on any atom is -0.458 e. The van der Waals surface area contributed by atoms with Gasteiger partial charge in [-0.1, -0.05) is 24.3 Å². The fraction of sp³-hybridized carbons (Fsp3) is 0.500. The second-order valence-electron chi connectivity index (χ2n) is 7.48. The Morgan fingerprint density at radius 1 is 1.31 bits per heavy atom. The van der Waals surface area contributed by atoms with E-state index < -0.39 is 36.4 Å². The van der Waals surface area contributed by atoms with Gasteiger partial charge in [-0.25, -0.2) is 9.59 Å². The number of hydrogen-bond donors (Lipinski definition) is 1. The maximum atomic E-state index is 12.5. The van der Waals surface area contributed by atoms with Crippen molar-refractivity contribution in [1.29, 1.82) is 0 Å². The molecule has 1 saturated heterocycles. The molecule has 6 nitrogen and oxygen atoms in total. The van der Waals surface area contributed by atoms with Crippen LogP contribution in [0.5, 0.6) is 0 Å². The first-order chi connectivity index (χ1) is 12.3. The van der Waals surface area contributed by atoms with E-state index in [0.717, 1.165) is 12.0 Å². The predicted molar refractivity (Wildman–Crippen MR) is 91.5 cm³/mol. The number of hydrogen-bond acceptors (Lipinski definition) is 6. The molecule has 1 saturated carbocycles. The van der Waals surface area contributed by atoms with Gasteiger partial charge in [-0.3, -0.25) is 0 Å². The van der Waals surface area contributed by atoms with Crippen LogP contribution in [0.15, 0.2) is 47.6 Å². The highest BCUT2D eigenvalue weighted by Crippen LogP contribution is 2.52. The number of allylic oxidation sites excluding steroid dienone is 1. The molecule has 0 aromatic heterocycles. The van der Waals surface area contributed by atoms with E-state index in [1.165, 1.54) is 11.6 Å². The number of carbonyl (C=O) groups is 2. The van der Waals surface area contributed by atoms with Crippen LogP contribution in [-0.4, -0.2) is 42.1 Å². The molecule has 1 N–H and O–H groups in total. The van der Waals surface area contributed by atoms with Crippen molar-refractivity contribution >= 4 is 11.9 Å². The van der Waals surface area contributed by atoms with Crippen molar-refractivity contribution in [2.45, 2.75) is 38.3 Å². The molecular weight excluding hydrogens is 336 g/mol. The van der Waals surface area contributed by atoms with Gasteiger partial charge in [0.15, 0.2) is 6.29 Å². The largest absolute Gasteiger partial charge is 0.458 e. The zero-order valence-electron chi connectivity index (χ0n) is 14.6. The average molecular weight is 358 g/mol. The highest BCUT2D eigenvalue weighted by atomic mass is 16.6. The van der Waals surface area contributed by atoms with E-state index in [2.05, 4.69) is 13.2 Å². The van der Waals surface area contributed by atoms with E-state index in [1.807, 2.05) is 13.0 Å². The number of fused-ring (bicyclic) bond motifs is 2. The van der Waals surface area contributed by atoms with E-state index in [1.54, 1.807) is 0 Å². The molecule has 4 aliphatic rings. The van der Waals surface area contributed by atoms with Crippen LogP contribution in [0.1, 0.15) is 19.8 Å². The molecule has 0 amide bonds. The third-order valence-electron chi connectivity index (χ3n) is 5.73. The third kappa shape index (κ3) is 2.93. The monoisotopic (exact) mass is 358 g/mol. The van der Waals surface area contributed by atoms with E-state index >= 15 is 0 Å². The predicted octanol–water partition coefficient (Wildman–Crippen LogP) is 1.81. The van der Waals surface area contributed by atoms with Gasteiger partial charge in [0, 0.05) is 12.0 Å². The first kappa shape index (κ1) is 17.2. The van der Waals surface area contributed by atoms with Crippen molar-refractivity contribution in [3.05, 3.63) is 47.6 Å². The average Bonchev–Trinajstić information content (AvgIpc) is 3.19. The second-order valence-corrected chi connectivity index (χ2v) is 7.48. The lowest BCUT2D eigenvalue weighted by molar-refractivity contribution is -0.147. The zero-order valence-corrected chi connectivity index (χ0v) is 14.6. The van der Waals surface area contributed by atoms with Crippen molar-refractivity contribution in [3.63, 3.8) is 0 Å². The van der Waals surface area contributed by atoms with Crippen LogP contribution in [-0.2, 0) is 23.8 Å². The van der Waals surface area contributed by atoms with Gasteiger partial charge in [0.05, 0.1) is 18.1 Å². The Hall–Kier alpha value is -2.18. The fourth-order valence-corrected chi connectivity index (χ4v) is 4.15. The first-order valence-corrected chi connectivity index (χ1v) is 8.82. The fourth-order valence-electron chi connectivity index (χ4n) is 4.15. The standard InChI is InChI=1S/C20H22O6/c1-9-4-15-18(11(3)19(22)25-15)16(5-10(2)14-7-13(9)14)26-20(23)12-6-17(21)24-8-12/h4,6,13-18,21H,2-3,5,7-8H2,1H3/b9-4-/t13-,14+,15-,16-,17-,18+/m1/s1. The molecule has 0 unspecified atom stereocenters. The summed E-state index contributed by atoms with van der Waals surface area (Å²) in [5.74, 6) is -0.652. The van der Waals surface area contributed by atoms with Crippen LogP contribution < -0.4 is 0 Å². The molecule has 2 heterocycles. The van der Waals surface area contributed by atoms with Gasteiger partial charge in [0.25, 0.3) is 0 Å².